The van der Waals surface area contributed by atoms with Gasteiger partial charge >= 0.3 is 12.4 Å². The Morgan fingerprint density at radius 1 is 1.21 bits per heavy atom. The number of ether oxygens (including phenoxy) is 1. The number of pyridine rings is 1. The van der Waals surface area contributed by atoms with E-state index in [1.807, 2.05) is 0 Å². The van der Waals surface area contributed by atoms with Gasteiger partial charge in [-0.15, -0.1) is 0 Å². The zero-order valence-electron chi connectivity index (χ0n) is 9.34. The molecule has 0 saturated carbocycles. The van der Waals surface area contributed by atoms with Crippen molar-refractivity contribution in [2.24, 2.45) is 5.92 Å². The molecule has 0 unspecified atom stereocenters. The number of hydrogen-bond donors (Lipinski definition) is 0. The van der Waals surface area contributed by atoms with Crippen LogP contribution in [0.5, 0.6) is 5.75 Å². The van der Waals surface area contributed by atoms with E-state index < -0.39 is 35.5 Å². The molecule has 106 valence electrons. The summed E-state index contributed by atoms with van der Waals surface area (Å²) < 4.78 is 78.8. The van der Waals surface area contributed by atoms with Crippen molar-refractivity contribution >= 4 is 5.78 Å². The lowest BCUT2D eigenvalue weighted by Crippen LogP contribution is -2.42. The van der Waals surface area contributed by atoms with Crippen LogP contribution >= 0.6 is 0 Å². The topological polar surface area (TPSA) is 39.2 Å². The predicted molar refractivity (Wildman–Crippen MR) is 50.7 cm³/mol. The van der Waals surface area contributed by atoms with Gasteiger partial charge in [0.1, 0.15) is 11.4 Å². The van der Waals surface area contributed by atoms with Gasteiger partial charge < -0.3 is 4.74 Å². The average molecular weight is 287 g/mol. The molecule has 1 aromatic heterocycles. The van der Waals surface area contributed by atoms with Crippen LogP contribution in [0.25, 0.3) is 0 Å². The Bertz CT molecular complexity index is 454. The highest BCUT2D eigenvalue weighted by Crippen LogP contribution is 2.41. The predicted octanol–water partition coefficient (Wildman–Crippen LogP) is 3.01. The maximum atomic E-state index is 12.4. The number of aromatic nitrogens is 1. The summed E-state index contributed by atoms with van der Waals surface area (Å²) in [6.07, 6.45) is -10.6. The third kappa shape index (κ3) is 3.36. The molecule has 0 amide bonds. The van der Waals surface area contributed by atoms with E-state index in [0.717, 1.165) is 19.4 Å². The molecule has 0 fully saturated rings. The van der Waals surface area contributed by atoms with Crippen molar-refractivity contribution in [2.75, 3.05) is 7.11 Å². The number of nitrogens with zero attached hydrogens (tertiary/aromatic N) is 1. The highest BCUT2D eigenvalue weighted by molar-refractivity contribution is 5.99. The van der Waals surface area contributed by atoms with E-state index in [-0.39, 0.29) is 0 Å². The Morgan fingerprint density at radius 2 is 1.74 bits per heavy atom. The first-order valence-electron chi connectivity index (χ1n) is 4.75. The SMILES string of the molecule is COc1cccnc1C(=O)C(C(F)(F)F)C(F)(F)F. The molecule has 0 aliphatic rings. The molecule has 0 spiro atoms. The molecule has 0 saturated heterocycles. The molecule has 1 aromatic rings. The van der Waals surface area contributed by atoms with Crippen molar-refractivity contribution in [3.63, 3.8) is 0 Å². The molecular formula is C10H7F6NO2. The third-order valence-corrected chi connectivity index (χ3v) is 2.14. The average Bonchev–Trinajstić information content (AvgIpc) is 2.24. The summed E-state index contributed by atoms with van der Waals surface area (Å²) in [4.78, 5) is 14.7. The minimum Gasteiger partial charge on any atom is -0.494 e. The fraction of sp³-hybridized carbons (Fsp3) is 0.400. The van der Waals surface area contributed by atoms with Crippen LogP contribution in [0.15, 0.2) is 18.3 Å². The van der Waals surface area contributed by atoms with Crippen LogP contribution in [0, 0.1) is 5.92 Å². The lowest BCUT2D eigenvalue weighted by atomic mass is 9.99. The van der Waals surface area contributed by atoms with Crippen LogP contribution in [-0.2, 0) is 0 Å². The number of hydrogen-bond acceptors (Lipinski definition) is 3. The minimum absolute atomic E-state index is 0.453. The lowest BCUT2D eigenvalue weighted by Gasteiger charge is -2.21. The van der Waals surface area contributed by atoms with Crippen molar-refractivity contribution < 1.29 is 35.9 Å². The normalized spacial score (nSPS) is 12.6. The zero-order chi connectivity index (χ0) is 14.8. The van der Waals surface area contributed by atoms with E-state index in [9.17, 15) is 31.1 Å². The largest absolute Gasteiger partial charge is 0.494 e. The molecule has 0 aliphatic carbocycles. The zero-order valence-corrected chi connectivity index (χ0v) is 9.34. The van der Waals surface area contributed by atoms with Crippen molar-refractivity contribution in [3.05, 3.63) is 24.0 Å². The molecule has 9 heteroatoms. The van der Waals surface area contributed by atoms with Gasteiger partial charge in [-0.2, -0.15) is 26.3 Å². The van der Waals surface area contributed by atoms with Gasteiger partial charge in [-0.3, -0.25) is 4.79 Å². The van der Waals surface area contributed by atoms with Gasteiger partial charge in [0.2, 0.25) is 11.7 Å². The molecule has 0 bridgehead atoms. The standard InChI is InChI=1S/C10H7F6NO2/c1-19-5-3-2-4-17-6(5)7(18)8(9(11,12)13)10(14,15)16/h2-4,8H,1H3. The van der Waals surface area contributed by atoms with E-state index >= 15 is 0 Å². The number of carbonyl (C=O) groups is 1. The van der Waals surface area contributed by atoms with E-state index in [4.69, 9.17) is 0 Å². The van der Waals surface area contributed by atoms with Crippen LogP contribution in [0.3, 0.4) is 0 Å². The first-order chi connectivity index (χ1) is 8.59. The summed E-state index contributed by atoms with van der Waals surface area (Å²) in [5.41, 5.74) is -1.01. The van der Waals surface area contributed by atoms with Crippen molar-refractivity contribution in [1.29, 1.82) is 0 Å². The highest BCUT2D eigenvalue weighted by Gasteiger charge is 2.61. The maximum absolute atomic E-state index is 12.4. The van der Waals surface area contributed by atoms with E-state index in [0.29, 0.717) is 0 Å². The summed E-state index contributed by atoms with van der Waals surface area (Å²) in [5.74, 6) is -6.77. The second-order valence-electron chi connectivity index (χ2n) is 3.43. The fourth-order valence-electron chi connectivity index (χ4n) is 1.36. The van der Waals surface area contributed by atoms with Crippen LogP contribution < -0.4 is 4.74 Å². The summed E-state index contributed by atoms with van der Waals surface area (Å²) >= 11 is 0. The van der Waals surface area contributed by atoms with Crippen LogP contribution in [0.4, 0.5) is 26.3 Å². The summed E-state index contributed by atoms with van der Waals surface area (Å²) in [7, 11) is 1.00. The minimum atomic E-state index is -5.75. The first-order valence-corrected chi connectivity index (χ1v) is 4.75. The number of Topliss-reactive ketones (excluding diaryl/α,β-unsaturated/α-hetero) is 1. The molecular weight excluding hydrogens is 280 g/mol. The Balaban J connectivity index is 3.29. The highest BCUT2D eigenvalue weighted by atomic mass is 19.4. The van der Waals surface area contributed by atoms with Crippen molar-refractivity contribution in [3.8, 4) is 5.75 Å². The van der Waals surface area contributed by atoms with E-state index in [2.05, 4.69) is 9.72 Å². The van der Waals surface area contributed by atoms with Crippen LogP contribution in [0.1, 0.15) is 10.5 Å². The maximum Gasteiger partial charge on any atom is 0.407 e. The van der Waals surface area contributed by atoms with Gasteiger partial charge in [-0.1, -0.05) is 0 Å². The monoisotopic (exact) mass is 287 g/mol. The van der Waals surface area contributed by atoms with Crippen LogP contribution in [0.2, 0.25) is 0 Å². The summed E-state index contributed by atoms with van der Waals surface area (Å²) in [6.45, 7) is 0. The number of carbonyl (C=O) groups excluding carboxylic acids is 1. The molecule has 0 radical (unpaired) electrons. The molecule has 0 aliphatic heterocycles. The molecule has 19 heavy (non-hydrogen) atoms. The van der Waals surface area contributed by atoms with Gasteiger partial charge in [0, 0.05) is 6.20 Å². The van der Waals surface area contributed by atoms with Crippen LogP contribution in [-0.4, -0.2) is 30.2 Å². The Labute approximate surface area is 103 Å². The van der Waals surface area contributed by atoms with Gasteiger partial charge in [-0.25, -0.2) is 4.98 Å². The van der Waals surface area contributed by atoms with Gasteiger partial charge in [-0.05, 0) is 12.1 Å². The number of alkyl halides is 6. The molecule has 1 rings (SSSR count). The summed E-state index contributed by atoms with van der Waals surface area (Å²) in [6, 6.07) is 2.26. The smallest absolute Gasteiger partial charge is 0.407 e. The quantitative estimate of drug-likeness (QED) is 0.633. The Kier molecular flexibility index (Phi) is 4.06. The van der Waals surface area contributed by atoms with Crippen molar-refractivity contribution in [2.45, 2.75) is 12.4 Å². The Hall–Kier alpha value is -1.80. The lowest BCUT2D eigenvalue weighted by molar-refractivity contribution is -0.265. The van der Waals surface area contributed by atoms with E-state index in [1.54, 1.807) is 0 Å². The number of halogens is 6. The number of methoxy groups -OCH3 is 1. The number of ketones is 1. The Morgan fingerprint density at radius 3 is 2.16 bits per heavy atom. The molecule has 0 N–H and O–H groups in total. The van der Waals surface area contributed by atoms with Gasteiger partial charge in [0.25, 0.3) is 0 Å². The third-order valence-electron chi connectivity index (χ3n) is 2.14. The molecule has 1 heterocycles. The molecule has 0 atom stereocenters. The second-order valence-corrected chi connectivity index (χ2v) is 3.43. The van der Waals surface area contributed by atoms with Crippen molar-refractivity contribution in [1.82, 2.24) is 4.98 Å². The number of rotatable bonds is 3. The fourth-order valence-corrected chi connectivity index (χ4v) is 1.36. The van der Waals surface area contributed by atoms with Gasteiger partial charge in [0.15, 0.2) is 0 Å². The van der Waals surface area contributed by atoms with E-state index in [1.165, 1.54) is 6.07 Å². The molecule has 0 aromatic carbocycles. The second kappa shape index (κ2) is 5.06. The van der Waals surface area contributed by atoms with Gasteiger partial charge in [0.05, 0.1) is 7.11 Å². The summed E-state index contributed by atoms with van der Waals surface area (Å²) in [5, 5.41) is 0. The molecule has 3 nitrogen and oxygen atoms in total. The first kappa shape index (κ1) is 15.3.